The fourth-order valence-corrected chi connectivity index (χ4v) is 5.15. The first kappa shape index (κ1) is 23.3. The van der Waals surface area contributed by atoms with Gasteiger partial charge in [0.15, 0.2) is 11.5 Å². The van der Waals surface area contributed by atoms with Gasteiger partial charge in [0.1, 0.15) is 19.4 Å². The van der Waals surface area contributed by atoms with Crippen LogP contribution in [0.1, 0.15) is 5.56 Å². The highest BCUT2D eigenvalue weighted by Gasteiger charge is 2.37. The van der Waals surface area contributed by atoms with Crippen molar-refractivity contribution in [1.82, 2.24) is 14.9 Å². The van der Waals surface area contributed by atoms with E-state index in [9.17, 15) is 18.0 Å². The van der Waals surface area contributed by atoms with E-state index in [0.29, 0.717) is 35.3 Å². The summed E-state index contributed by atoms with van der Waals surface area (Å²) in [5.41, 5.74) is 0.663. The number of halogens is 1. The number of carbonyl (C=O) groups excluding carboxylic acids is 2. The zero-order chi connectivity index (χ0) is 23.4. The minimum absolute atomic E-state index is 0.0195. The van der Waals surface area contributed by atoms with E-state index in [-0.39, 0.29) is 31.1 Å². The molecule has 0 aliphatic carbocycles. The van der Waals surface area contributed by atoms with Crippen molar-refractivity contribution in [3.63, 3.8) is 0 Å². The molecule has 1 saturated heterocycles. The van der Waals surface area contributed by atoms with E-state index >= 15 is 0 Å². The van der Waals surface area contributed by atoms with Crippen molar-refractivity contribution >= 4 is 33.4 Å². The fraction of sp³-hybridized carbons (Fsp3) is 0.333. The van der Waals surface area contributed by atoms with Crippen molar-refractivity contribution in [3.05, 3.63) is 53.1 Å². The normalized spacial score (nSPS) is 18.0. The molecule has 2 heterocycles. The molecule has 0 aromatic heterocycles. The fourth-order valence-electron chi connectivity index (χ4n) is 3.42. The molecular weight excluding hydrogens is 474 g/mol. The summed E-state index contributed by atoms with van der Waals surface area (Å²) < 4.78 is 43.8. The zero-order valence-electron chi connectivity index (χ0n) is 17.5. The van der Waals surface area contributed by atoms with Crippen LogP contribution in [0.2, 0.25) is 5.02 Å². The molecule has 2 aliphatic heterocycles. The molecule has 2 aromatic carbocycles. The van der Waals surface area contributed by atoms with Crippen LogP contribution < -0.4 is 20.1 Å². The first-order chi connectivity index (χ1) is 15.9. The number of ether oxygens (including phenoxy) is 3. The smallest absolute Gasteiger partial charge is 0.309 e. The lowest BCUT2D eigenvalue weighted by Crippen LogP contribution is -2.47. The lowest BCUT2D eigenvalue weighted by atomic mass is 10.2. The Morgan fingerprint density at radius 2 is 1.73 bits per heavy atom. The summed E-state index contributed by atoms with van der Waals surface area (Å²) in [4.78, 5) is 24.3. The molecule has 2 amide bonds. The van der Waals surface area contributed by atoms with Crippen molar-refractivity contribution < 1.29 is 32.2 Å². The van der Waals surface area contributed by atoms with Gasteiger partial charge < -0.3 is 24.8 Å². The zero-order valence-corrected chi connectivity index (χ0v) is 19.0. The molecule has 2 N–H and O–H groups in total. The number of fused-ring (bicyclic) bond motifs is 1. The topological polar surface area (TPSA) is 123 Å². The summed E-state index contributed by atoms with van der Waals surface area (Å²) in [5, 5.41) is 5.37. The van der Waals surface area contributed by atoms with Gasteiger partial charge in [-0.2, -0.15) is 4.31 Å². The third-order valence-corrected chi connectivity index (χ3v) is 7.36. The maximum Gasteiger partial charge on any atom is 0.309 e. The van der Waals surface area contributed by atoms with Gasteiger partial charge in [-0.05, 0) is 23.8 Å². The average Bonchev–Trinajstić information content (AvgIpc) is 3.31. The third-order valence-electron chi connectivity index (χ3n) is 5.10. The maximum atomic E-state index is 13.1. The highest BCUT2D eigenvalue weighted by Crippen LogP contribution is 2.34. The SMILES string of the molecule is O=C(NCc1ccccc1Cl)C(=O)NCC1OCCN1S(=O)(=O)c1ccc2c(c1)OCCO2. The van der Waals surface area contributed by atoms with E-state index in [1.807, 2.05) is 0 Å². The van der Waals surface area contributed by atoms with Crippen molar-refractivity contribution in [2.24, 2.45) is 0 Å². The number of sulfonamides is 1. The molecule has 0 spiro atoms. The summed E-state index contributed by atoms with van der Waals surface area (Å²) in [7, 11) is -3.93. The highest BCUT2D eigenvalue weighted by atomic mass is 35.5. The number of hydrogen-bond acceptors (Lipinski definition) is 7. The molecule has 10 nitrogen and oxygen atoms in total. The second-order valence-electron chi connectivity index (χ2n) is 7.23. The van der Waals surface area contributed by atoms with Gasteiger partial charge in [-0.15, -0.1) is 0 Å². The lowest BCUT2D eigenvalue weighted by molar-refractivity contribution is -0.139. The van der Waals surface area contributed by atoms with Crippen LogP contribution in [0, 0.1) is 0 Å². The molecule has 4 rings (SSSR count). The van der Waals surface area contributed by atoms with E-state index in [1.165, 1.54) is 12.1 Å². The maximum absolute atomic E-state index is 13.1. The second-order valence-corrected chi connectivity index (χ2v) is 9.53. The Morgan fingerprint density at radius 3 is 2.52 bits per heavy atom. The molecule has 1 unspecified atom stereocenters. The number of nitrogens with zero attached hydrogens (tertiary/aromatic N) is 1. The Balaban J connectivity index is 1.36. The Morgan fingerprint density at radius 1 is 1.00 bits per heavy atom. The lowest BCUT2D eigenvalue weighted by Gasteiger charge is -2.24. The minimum Gasteiger partial charge on any atom is -0.486 e. The van der Waals surface area contributed by atoms with Crippen LogP contribution in [-0.4, -0.2) is 63.7 Å². The first-order valence-corrected chi connectivity index (χ1v) is 12.0. The van der Waals surface area contributed by atoms with Gasteiger partial charge >= 0.3 is 11.8 Å². The molecule has 1 atom stereocenters. The van der Waals surface area contributed by atoms with Crippen LogP contribution in [0.25, 0.3) is 0 Å². The number of benzene rings is 2. The van der Waals surface area contributed by atoms with Crippen LogP contribution in [0.5, 0.6) is 11.5 Å². The monoisotopic (exact) mass is 495 g/mol. The van der Waals surface area contributed by atoms with E-state index in [2.05, 4.69) is 10.6 Å². The minimum atomic E-state index is -3.93. The first-order valence-electron chi connectivity index (χ1n) is 10.2. The quantitative estimate of drug-likeness (QED) is 0.570. The summed E-state index contributed by atoms with van der Waals surface area (Å²) in [6, 6.07) is 11.3. The van der Waals surface area contributed by atoms with Crippen molar-refractivity contribution in [3.8, 4) is 11.5 Å². The Hall–Kier alpha value is -2.86. The Labute approximate surface area is 195 Å². The molecule has 0 bridgehead atoms. The van der Waals surface area contributed by atoms with Gasteiger partial charge in [0.2, 0.25) is 10.0 Å². The van der Waals surface area contributed by atoms with Crippen LogP contribution >= 0.6 is 11.6 Å². The summed E-state index contributed by atoms with van der Waals surface area (Å²) in [6.07, 6.45) is -0.955. The number of rotatable bonds is 6. The van der Waals surface area contributed by atoms with Crippen molar-refractivity contribution in [2.45, 2.75) is 17.7 Å². The van der Waals surface area contributed by atoms with Crippen molar-refractivity contribution in [1.29, 1.82) is 0 Å². The molecular formula is C21H22ClN3O7S. The van der Waals surface area contributed by atoms with Crippen LogP contribution in [-0.2, 0) is 30.9 Å². The number of amides is 2. The number of nitrogens with one attached hydrogen (secondary N) is 2. The number of carbonyl (C=O) groups is 2. The van der Waals surface area contributed by atoms with Gasteiger partial charge in [-0.1, -0.05) is 29.8 Å². The summed E-state index contributed by atoms with van der Waals surface area (Å²) >= 11 is 6.04. The standard InChI is InChI=1S/C21H22ClN3O7S/c22-16-4-2-1-3-14(16)12-23-20(26)21(27)24-13-19-25(7-8-32-19)33(28,29)15-5-6-17-18(11-15)31-10-9-30-17/h1-6,11,19H,7-10,12-13H2,(H,23,26)(H,24,27). The van der Waals surface area contributed by atoms with Crippen molar-refractivity contribution in [2.75, 3.05) is 32.9 Å². The molecule has 2 aromatic rings. The average molecular weight is 496 g/mol. The molecule has 0 saturated carbocycles. The predicted molar refractivity (Wildman–Crippen MR) is 117 cm³/mol. The summed E-state index contributed by atoms with van der Waals surface area (Å²) in [6.45, 7) is 0.876. The Kier molecular flexibility index (Phi) is 7.03. The summed E-state index contributed by atoms with van der Waals surface area (Å²) in [5.74, 6) is -0.949. The van der Waals surface area contributed by atoms with Gasteiger partial charge in [0.25, 0.3) is 0 Å². The van der Waals surface area contributed by atoms with Gasteiger partial charge in [0, 0.05) is 24.2 Å². The third kappa shape index (κ3) is 5.22. The van der Waals surface area contributed by atoms with E-state index < -0.39 is 28.1 Å². The van der Waals surface area contributed by atoms with E-state index in [4.69, 9.17) is 25.8 Å². The largest absolute Gasteiger partial charge is 0.486 e. The predicted octanol–water partition coefficient (Wildman–Crippen LogP) is 0.891. The van der Waals surface area contributed by atoms with Gasteiger partial charge in [-0.25, -0.2) is 8.42 Å². The van der Waals surface area contributed by atoms with Crippen LogP contribution in [0.3, 0.4) is 0 Å². The molecule has 1 fully saturated rings. The highest BCUT2D eigenvalue weighted by molar-refractivity contribution is 7.89. The number of hydrogen-bond donors (Lipinski definition) is 2. The Bertz CT molecular complexity index is 1160. The van der Waals surface area contributed by atoms with Crippen LogP contribution in [0.4, 0.5) is 0 Å². The molecule has 2 aliphatic rings. The van der Waals surface area contributed by atoms with Gasteiger partial charge in [-0.3, -0.25) is 9.59 Å². The molecule has 12 heteroatoms. The van der Waals surface area contributed by atoms with Crippen LogP contribution in [0.15, 0.2) is 47.4 Å². The molecule has 0 radical (unpaired) electrons. The molecule has 33 heavy (non-hydrogen) atoms. The van der Waals surface area contributed by atoms with E-state index in [0.717, 1.165) is 4.31 Å². The molecule has 176 valence electrons. The van der Waals surface area contributed by atoms with E-state index in [1.54, 1.807) is 30.3 Å². The second kappa shape index (κ2) is 9.96. The van der Waals surface area contributed by atoms with Gasteiger partial charge in [0.05, 0.1) is 18.0 Å².